The molecule has 0 saturated carbocycles. The number of carbonyl (C=O) groups excluding carboxylic acids is 1. The van der Waals surface area contributed by atoms with Crippen molar-refractivity contribution in [3.8, 4) is 0 Å². The molecule has 1 aromatic carbocycles. The Labute approximate surface area is 152 Å². The molecule has 0 aliphatic carbocycles. The van der Waals surface area contributed by atoms with Gasteiger partial charge in [0.1, 0.15) is 0 Å². The van der Waals surface area contributed by atoms with Gasteiger partial charge in [-0.2, -0.15) is 0 Å². The second-order valence-electron chi connectivity index (χ2n) is 6.50. The molecule has 1 aliphatic rings. The van der Waals surface area contributed by atoms with Gasteiger partial charge in [-0.05, 0) is 47.4 Å². The standard InChI is InChI=1S/C21H21N3O2/c1-2-9-26-14-18-12-22-11-17-13-24(8-6-19(17)18)21(25)16-3-4-20-15(10-16)5-7-23-20/h2-5,7,10-12,23H,1,6,8-9,13-14H2. The predicted molar refractivity (Wildman–Crippen MR) is 101 cm³/mol. The summed E-state index contributed by atoms with van der Waals surface area (Å²) in [7, 11) is 0. The Balaban J connectivity index is 1.53. The smallest absolute Gasteiger partial charge is 0.254 e. The number of rotatable bonds is 5. The summed E-state index contributed by atoms with van der Waals surface area (Å²) < 4.78 is 5.57. The predicted octanol–water partition coefficient (Wildman–Crippen LogP) is 3.46. The lowest BCUT2D eigenvalue weighted by Crippen LogP contribution is -2.36. The number of H-pyrrole nitrogens is 1. The van der Waals surface area contributed by atoms with Gasteiger partial charge in [-0.25, -0.2) is 0 Å². The van der Waals surface area contributed by atoms with Crippen LogP contribution in [0.5, 0.6) is 0 Å². The SMILES string of the molecule is C=CCOCc1cncc2c1CCN(C(=O)c1ccc3[nH]ccc3c1)C2. The van der Waals surface area contributed by atoms with Crippen LogP contribution in [-0.2, 0) is 24.3 Å². The van der Waals surface area contributed by atoms with E-state index >= 15 is 0 Å². The van der Waals surface area contributed by atoms with Crippen LogP contribution in [0.1, 0.15) is 27.0 Å². The summed E-state index contributed by atoms with van der Waals surface area (Å²) in [5.41, 5.74) is 5.23. The average molecular weight is 347 g/mol. The summed E-state index contributed by atoms with van der Waals surface area (Å²) in [5, 5.41) is 1.05. The van der Waals surface area contributed by atoms with Crippen LogP contribution in [0.25, 0.3) is 10.9 Å². The van der Waals surface area contributed by atoms with E-state index in [0.717, 1.165) is 34.0 Å². The molecule has 4 rings (SSSR count). The molecule has 0 spiro atoms. The lowest BCUT2D eigenvalue weighted by Gasteiger charge is -2.30. The third-order valence-corrected chi connectivity index (χ3v) is 4.81. The molecular formula is C21H21N3O2. The zero-order valence-corrected chi connectivity index (χ0v) is 14.6. The molecule has 5 heteroatoms. The van der Waals surface area contributed by atoms with Crippen molar-refractivity contribution < 1.29 is 9.53 Å². The molecular weight excluding hydrogens is 326 g/mol. The maximum absolute atomic E-state index is 12.9. The summed E-state index contributed by atoms with van der Waals surface area (Å²) in [6.45, 7) is 6.01. The highest BCUT2D eigenvalue weighted by Gasteiger charge is 2.24. The van der Waals surface area contributed by atoms with Gasteiger partial charge in [0, 0.05) is 48.1 Å². The first kappa shape index (κ1) is 16.5. The highest BCUT2D eigenvalue weighted by Crippen LogP contribution is 2.24. The average Bonchev–Trinajstić information content (AvgIpc) is 3.15. The molecule has 0 fully saturated rings. The van der Waals surface area contributed by atoms with Gasteiger partial charge in [0.25, 0.3) is 5.91 Å². The highest BCUT2D eigenvalue weighted by molar-refractivity contribution is 5.98. The van der Waals surface area contributed by atoms with Crippen LogP contribution in [0.15, 0.2) is 55.5 Å². The number of fused-ring (bicyclic) bond motifs is 2. The molecule has 132 valence electrons. The van der Waals surface area contributed by atoms with Gasteiger partial charge in [0.15, 0.2) is 0 Å². The van der Waals surface area contributed by atoms with Crippen molar-refractivity contribution in [2.24, 2.45) is 0 Å². The first-order valence-electron chi connectivity index (χ1n) is 8.76. The number of aromatic nitrogens is 2. The fourth-order valence-corrected chi connectivity index (χ4v) is 3.49. The molecule has 0 bridgehead atoms. The van der Waals surface area contributed by atoms with E-state index in [1.807, 2.05) is 47.8 Å². The minimum atomic E-state index is 0.0621. The van der Waals surface area contributed by atoms with Gasteiger partial charge in [0.05, 0.1) is 13.2 Å². The van der Waals surface area contributed by atoms with Crippen LogP contribution < -0.4 is 0 Å². The number of nitrogens with zero attached hydrogens (tertiary/aromatic N) is 2. The Morgan fingerprint density at radius 1 is 1.35 bits per heavy atom. The van der Waals surface area contributed by atoms with Crippen LogP contribution >= 0.6 is 0 Å². The molecule has 1 amide bonds. The Kier molecular flexibility index (Phi) is 4.54. The van der Waals surface area contributed by atoms with Gasteiger partial charge in [-0.1, -0.05) is 6.08 Å². The molecule has 3 aromatic rings. The molecule has 0 unspecified atom stereocenters. The van der Waals surface area contributed by atoms with E-state index in [1.54, 1.807) is 6.08 Å². The fraction of sp³-hybridized carbons (Fsp3) is 0.238. The molecule has 5 nitrogen and oxygen atoms in total. The number of pyridine rings is 1. The van der Waals surface area contributed by atoms with E-state index in [-0.39, 0.29) is 5.91 Å². The van der Waals surface area contributed by atoms with E-state index < -0.39 is 0 Å². The first-order valence-corrected chi connectivity index (χ1v) is 8.76. The van der Waals surface area contributed by atoms with E-state index in [9.17, 15) is 4.79 Å². The van der Waals surface area contributed by atoms with Gasteiger partial charge in [-0.15, -0.1) is 6.58 Å². The summed E-state index contributed by atoms with van der Waals surface area (Å²) >= 11 is 0. The second kappa shape index (κ2) is 7.14. The quantitative estimate of drug-likeness (QED) is 0.568. The molecule has 1 N–H and O–H groups in total. The lowest BCUT2D eigenvalue weighted by molar-refractivity contribution is 0.0733. The number of carbonyl (C=O) groups is 1. The number of aromatic amines is 1. The van der Waals surface area contributed by atoms with Gasteiger partial charge in [0.2, 0.25) is 0 Å². The molecule has 3 heterocycles. The fourth-order valence-electron chi connectivity index (χ4n) is 3.49. The lowest BCUT2D eigenvalue weighted by atomic mass is 9.97. The highest BCUT2D eigenvalue weighted by atomic mass is 16.5. The zero-order chi connectivity index (χ0) is 17.9. The summed E-state index contributed by atoms with van der Waals surface area (Å²) in [6.07, 6.45) is 8.17. The summed E-state index contributed by atoms with van der Waals surface area (Å²) in [5.74, 6) is 0.0621. The topological polar surface area (TPSA) is 58.2 Å². The van der Waals surface area contributed by atoms with Crippen LogP contribution in [0.3, 0.4) is 0 Å². The third kappa shape index (κ3) is 3.13. The van der Waals surface area contributed by atoms with Gasteiger partial charge < -0.3 is 14.6 Å². The van der Waals surface area contributed by atoms with E-state index in [2.05, 4.69) is 16.5 Å². The Morgan fingerprint density at radius 2 is 2.27 bits per heavy atom. The van der Waals surface area contributed by atoms with Crippen LogP contribution in [0, 0.1) is 0 Å². The van der Waals surface area contributed by atoms with Crippen molar-refractivity contribution >= 4 is 16.8 Å². The Morgan fingerprint density at radius 3 is 3.15 bits per heavy atom. The molecule has 26 heavy (non-hydrogen) atoms. The van der Waals surface area contributed by atoms with Crippen molar-refractivity contribution in [2.45, 2.75) is 19.6 Å². The number of nitrogens with one attached hydrogen (secondary N) is 1. The van der Waals surface area contributed by atoms with Crippen molar-refractivity contribution in [2.75, 3.05) is 13.2 Å². The molecule has 2 aromatic heterocycles. The number of hydrogen-bond donors (Lipinski definition) is 1. The number of benzene rings is 1. The first-order chi connectivity index (χ1) is 12.8. The Hall–Kier alpha value is -2.92. The monoisotopic (exact) mass is 347 g/mol. The summed E-state index contributed by atoms with van der Waals surface area (Å²) in [4.78, 5) is 22.3. The largest absolute Gasteiger partial charge is 0.373 e. The normalized spacial score (nSPS) is 13.6. The molecule has 0 saturated heterocycles. The minimum absolute atomic E-state index is 0.0621. The van der Waals surface area contributed by atoms with Crippen molar-refractivity contribution in [1.82, 2.24) is 14.9 Å². The van der Waals surface area contributed by atoms with Crippen LogP contribution in [0.2, 0.25) is 0 Å². The van der Waals surface area contributed by atoms with Crippen LogP contribution in [-0.4, -0.2) is 33.9 Å². The summed E-state index contributed by atoms with van der Waals surface area (Å²) in [6, 6.07) is 7.77. The van der Waals surface area contributed by atoms with Gasteiger partial charge >= 0.3 is 0 Å². The number of ether oxygens (including phenoxy) is 1. The maximum Gasteiger partial charge on any atom is 0.254 e. The Bertz CT molecular complexity index is 961. The van der Waals surface area contributed by atoms with Crippen molar-refractivity contribution in [1.29, 1.82) is 0 Å². The maximum atomic E-state index is 12.9. The van der Waals surface area contributed by atoms with Crippen molar-refractivity contribution in [3.63, 3.8) is 0 Å². The zero-order valence-electron chi connectivity index (χ0n) is 14.6. The molecule has 1 aliphatic heterocycles. The van der Waals surface area contributed by atoms with Gasteiger partial charge in [-0.3, -0.25) is 9.78 Å². The van der Waals surface area contributed by atoms with E-state index in [4.69, 9.17) is 4.74 Å². The second-order valence-corrected chi connectivity index (χ2v) is 6.50. The number of hydrogen-bond acceptors (Lipinski definition) is 3. The molecule has 0 radical (unpaired) electrons. The minimum Gasteiger partial charge on any atom is -0.373 e. The van der Waals surface area contributed by atoms with E-state index in [0.29, 0.717) is 26.3 Å². The van der Waals surface area contributed by atoms with Crippen LogP contribution in [0.4, 0.5) is 0 Å². The van der Waals surface area contributed by atoms with Crippen molar-refractivity contribution in [3.05, 3.63) is 77.8 Å². The molecule has 0 atom stereocenters. The van der Waals surface area contributed by atoms with E-state index in [1.165, 1.54) is 5.56 Å². The third-order valence-electron chi connectivity index (χ3n) is 4.81. The number of amides is 1.